The Morgan fingerprint density at radius 3 is 2.59 bits per heavy atom. The predicted molar refractivity (Wildman–Crippen MR) is 109 cm³/mol. The Hall–Kier alpha value is -1.65. The average molecular weight is 363 g/mol. The van der Waals surface area contributed by atoms with Crippen LogP contribution in [0, 0.1) is 17.8 Å². The summed E-state index contributed by atoms with van der Waals surface area (Å²) in [6.45, 7) is 5.98. The van der Waals surface area contributed by atoms with Crippen molar-refractivity contribution in [3.63, 3.8) is 0 Å². The number of hydrogen-bond donors (Lipinski definition) is 1. The molecule has 2 bridgehead atoms. The van der Waals surface area contributed by atoms with Crippen molar-refractivity contribution in [2.24, 2.45) is 17.8 Å². The molecule has 0 radical (unpaired) electrons. The maximum absolute atomic E-state index is 5.04. The molecule has 4 nitrogen and oxygen atoms in total. The molecule has 0 spiro atoms. The molecule has 4 heteroatoms. The molecule has 2 saturated heterocycles. The fourth-order valence-electron chi connectivity index (χ4n) is 6.00. The first-order valence-electron chi connectivity index (χ1n) is 10.9. The second kappa shape index (κ2) is 6.46. The molecule has 3 heterocycles. The first kappa shape index (κ1) is 16.3. The number of benzene rings is 1. The monoisotopic (exact) mass is 362 g/mol. The molecule has 3 atom stereocenters. The van der Waals surface area contributed by atoms with Gasteiger partial charge in [0.25, 0.3) is 0 Å². The fraction of sp³-hybridized carbons (Fsp3) is 0.609. The van der Waals surface area contributed by atoms with E-state index in [1.807, 2.05) is 0 Å². The van der Waals surface area contributed by atoms with Crippen LogP contribution in [0.25, 0.3) is 11.0 Å². The zero-order valence-electron chi connectivity index (χ0n) is 16.1. The second-order valence-electron chi connectivity index (χ2n) is 9.26. The van der Waals surface area contributed by atoms with Crippen LogP contribution in [0.5, 0.6) is 0 Å². The molecule has 0 amide bonds. The molecule has 2 aromatic rings. The Labute approximate surface area is 161 Å². The quantitative estimate of drug-likeness (QED) is 0.844. The minimum absolute atomic E-state index is 0.594. The van der Waals surface area contributed by atoms with Gasteiger partial charge in [0.1, 0.15) is 5.82 Å². The van der Waals surface area contributed by atoms with Crippen LogP contribution in [0.3, 0.4) is 0 Å². The van der Waals surface area contributed by atoms with Crippen molar-refractivity contribution in [3.05, 3.63) is 42.2 Å². The van der Waals surface area contributed by atoms with Crippen molar-refractivity contribution < 1.29 is 0 Å². The zero-order chi connectivity index (χ0) is 17.8. The van der Waals surface area contributed by atoms with Gasteiger partial charge in [-0.2, -0.15) is 0 Å². The SMILES string of the molecule is C1=CC2CC1CC2CN1CCC(n2c(C3CNC3)nc3ccccc32)CC1. The molecule has 1 aromatic heterocycles. The number of nitrogens with one attached hydrogen (secondary N) is 1. The van der Waals surface area contributed by atoms with E-state index < -0.39 is 0 Å². The standard InChI is InChI=1S/C23H30N4/c1-2-4-22-21(3-1)25-23(19-13-24-14-19)27(22)20-7-9-26(10-8-20)15-18-12-16-5-6-17(18)11-16/h1-6,16-20,24H,7-15H2. The Morgan fingerprint density at radius 1 is 1.04 bits per heavy atom. The lowest BCUT2D eigenvalue weighted by Crippen LogP contribution is -2.43. The minimum Gasteiger partial charge on any atom is -0.324 e. The molecule has 3 unspecified atom stereocenters. The van der Waals surface area contributed by atoms with Crippen molar-refractivity contribution in [3.8, 4) is 0 Å². The van der Waals surface area contributed by atoms with E-state index in [0.29, 0.717) is 12.0 Å². The maximum Gasteiger partial charge on any atom is 0.115 e. The largest absolute Gasteiger partial charge is 0.324 e. The van der Waals surface area contributed by atoms with Crippen molar-refractivity contribution in [1.82, 2.24) is 19.8 Å². The smallest absolute Gasteiger partial charge is 0.115 e. The summed E-state index contributed by atoms with van der Waals surface area (Å²) in [5.74, 6) is 4.61. The summed E-state index contributed by atoms with van der Waals surface area (Å²) >= 11 is 0. The molecule has 1 aromatic carbocycles. The van der Waals surface area contributed by atoms with Gasteiger partial charge in [0, 0.05) is 44.7 Å². The van der Waals surface area contributed by atoms with E-state index in [2.05, 4.69) is 51.2 Å². The third kappa shape index (κ3) is 2.76. The van der Waals surface area contributed by atoms with E-state index in [0.717, 1.165) is 30.8 Å². The van der Waals surface area contributed by atoms with Crippen LogP contribution in [-0.4, -0.2) is 47.2 Å². The highest BCUT2D eigenvalue weighted by atomic mass is 15.2. The van der Waals surface area contributed by atoms with E-state index in [-0.39, 0.29) is 0 Å². The highest BCUT2D eigenvalue weighted by Crippen LogP contribution is 2.44. The van der Waals surface area contributed by atoms with E-state index in [1.165, 1.54) is 62.2 Å². The van der Waals surface area contributed by atoms with Crippen LogP contribution in [0.15, 0.2) is 36.4 Å². The summed E-state index contributed by atoms with van der Waals surface area (Å²) in [6.07, 6.45) is 10.4. The van der Waals surface area contributed by atoms with E-state index in [9.17, 15) is 0 Å². The zero-order valence-corrected chi connectivity index (χ0v) is 16.1. The topological polar surface area (TPSA) is 33.1 Å². The Morgan fingerprint density at radius 2 is 1.89 bits per heavy atom. The summed E-state index contributed by atoms with van der Waals surface area (Å²) in [5, 5.41) is 3.43. The Balaban J connectivity index is 1.19. The lowest BCUT2D eigenvalue weighted by atomic mass is 9.92. The molecule has 2 aliphatic carbocycles. The summed E-state index contributed by atoms with van der Waals surface area (Å²) in [4.78, 5) is 7.79. The summed E-state index contributed by atoms with van der Waals surface area (Å²) < 4.78 is 2.61. The predicted octanol–water partition coefficient (Wildman–Crippen LogP) is 3.57. The van der Waals surface area contributed by atoms with Gasteiger partial charge in [0.2, 0.25) is 0 Å². The number of aromatic nitrogens is 2. The number of fused-ring (bicyclic) bond motifs is 3. The first-order valence-corrected chi connectivity index (χ1v) is 10.9. The van der Waals surface area contributed by atoms with E-state index in [4.69, 9.17) is 4.98 Å². The highest BCUT2D eigenvalue weighted by Gasteiger charge is 2.37. The van der Waals surface area contributed by atoms with Crippen molar-refractivity contribution in [1.29, 1.82) is 0 Å². The van der Waals surface area contributed by atoms with Gasteiger partial charge in [-0.3, -0.25) is 0 Å². The van der Waals surface area contributed by atoms with E-state index >= 15 is 0 Å². The lowest BCUT2D eigenvalue weighted by Gasteiger charge is -2.37. The number of para-hydroxylation sites is 2. The van der Waals surface area contributed by atoms with Gasteiger partial charge in [-0.05, 0) is 55.6 Å². The number of rotatable bonds is 4. The van der Waals surface area contributed by atoms with Gasteiger partial charge < -0.3 is 14.8 Å². The molecule has 3 fully saturated rings. The van der Waals surface area contributed by atoms with Crippen LogP contribution in [-0.2, 0) is 0 Å². The van der Waals surface area contributed by atoms with Crippen LogP contribution in [0.4, 0.5) is 0 Å². The van der Waals surface area contributed by atoms with Crippen molar-refractivity contribution >= 4 is 11.0 Å². The van der Waals surface area contributed by atoms with E-state index in [1.54, 1.807) is 0 Å². The normalized spacial score (nSPS) is 31.8. The van der Waals surface area contributed by atoms with Gasteiger partial charge in [-0.25, -0.2) is 4.98 Å². The van der Waals surface area contributed by atoms with Crippen molar-refractivity contribution in [2.45, 2.75) is 37.6 Å². The van der Waals surface area contributed by atoms with Crippen LogP contribution >= 0.6 is 0 Å². The van der Waals surface area contributed by atoms with Gasteiger partial charge in [0.05, 0.1) is 11.0 Å². The molecule has 142 valence electrons. The highest BCUT2D eigenvalue weighted by molar-refractivity contribution is 5.76. The maximum atomic E-state index is 5.04. The van der Waals surface area contributed by atoms with Gasteiger partial charge in [0.15, 0.2) is 0 Å². The third-order valence-corrected chi connectivity index (χ3v) is 7.60. The number of piperidine rings is 1. The molecule has 1 saturated carbocycles. The third-order valence-electron chi connectivity index (χ3n) is 7.60. The number of hydrogen-bond acceptors (Lipinski definition) is 3. The summed E-state index contributed by atoms with van der Waals surface area (Å²) in [6, 6.07) is 9.35. The number of imidazole rings is 1. The number of allylic oxidation sites excluding steroid dienone is 2. The Bertz CT molecular complexity index is 856. The molecular weight excluding hydrogens is 332 g/mol. The lowest BCUT2D eigenvalue weighted by molar-refractivity contribution is 0.153. The minimum atomic E-state index is 0.594. The van der Waals surface area contributed by atoms with Gasteiger partial charge >= 0.3 is 0 Å². The van der Waals surface area contributed by atoms with Crippen LogP contribution < -0.4 is 5.32 Å². The summed E-state index contributed by atoms with van der Waals surface area (Å²) in [5.41, 5.74) is 2.52. The molecule has 2 aliphatic heterocycles. The molecular formula is C23H30N4. The molecule has 4 aliphatic rings. The Kier molecular flexibility index (Phi) is 3.90. The van der Waals surface area contributed by atoms with Crippen LogP contribution in [0.2, 0.25) is 0 Å². The molecule has 1 N–H and O–H groups in total. The molecule has 6 rings (SSSR count). The average Bonchev–Trinajstić information content (AvgIpc) is 3.35. The van der Waals surface area contributed by atoms with Crippen molar-refractivity contribution in [2.75, 3.05) is 32.7 Å². The first-order chi connectivity index (χ1) is 13.3. The second-order valence-corrected chi connectivity index (χ2v) is 9.26. The fourth-order valence-corrected chi connectivity index (χ4v) is 6.00. The van der Waals surface area contributed by atoms with Gasteiger partial charge in [-0.15, -0.1) is 0 Å². The number of likely N-dealkylation sites (tertiary alicyclic amines) is 1. The van der Waals surface area contributed by atoms with Gasteiger partial charge in [-0.1, -0.05) is 24.3 Å². The number of nitrogens with zero attached hydrogens (tertiary/aromatic N) is 3. The molecule has 27 heavy (non-hydrogen) atoms. The summed E-state index contributed by atoms with van der Waals surface area (Å²) in [7, 11) is 0. The van der Waals surface area contributed by atoms with Crippen LogP contribution in [0.1, 0.15) is 43.5 Å².